The van der Waals surface area contributed by atoms with E-state index >= 15 is 0 Å². The van der Waals surface area contributed by atoms with Crippen molar-refractivity contribution in [2.24, 2.45) is 5.10 Å². The molecule has 0 unspecified atom stereocenters. The highest BCUT2D eigenvalue weighted by molar-refractivity contribution is 6.02. The molecule has 1 aromatic heterocycles. The van der Waals surface area contributed by atoms with E-state index in [-0.39, 0.29) is 5.56 Å². The summed E-state index contributed by atoms with van der Waals surface area (Å²) in [6, 6.07) is 15.9. The molecule has 0 saturated carbocycles. The fraction of sp³-hybridized carbons (Fsp3) is 0.286. The third kappa shape index (κ3) is 3.01. The van der Waals surface area contributed by atoms with Gasteiger partial charge in [-0.05, 0) is 50.3 Å². The van der Waals surface area contributed by atoms with E-state index in [2.05, 4.69) is 39.8 Å². The molecule has 1 aliphatic carbocycles. The molecule has 1 aliphatic rings. The minimum absolute atomic E-state index is 0.0398. The van der Waals surface area contributed by atoms with Gasteiger partial charge in [-0.2, -0.15) is 5.10 Å². The smallest absolute Gasteiger partial charge is 0.262 e. The molecule has 2 aromatic carbocycles. The van der Waals surface area contributed by atoms with E-state index in [1.165, 1.54) is 17.5 Å². The highest BCUT2D eigenvalue weighted by Gasteiger charge is 2.14. The molecule has 0 bridgehead atoms. The van der Waals surface area contributed by atoms with E-state index in [1.807, 2.05) is 31.2 Å². The van der Waals surface area contributed by atoms with Gasteiger partial charge >= 0.3 is 0 Å². The molecule has 3 aromatic rings. The maximum atomic E-state index is 12.7. The molecule has 1 heterocycles. The number of nitrogens with zero attached hydrogens (tertiary/aromatic N) is 3. The van der Waals surface area contributed by atoms with Crippen LogP contribution in [0.25, 0.3) is 10.9 Å². The van der Waals surface area contributed by atoms with Crippen molar-refractivity contribution in [1.29, 1.82) is 0 Å². The van der Waals surface area contributed by atoms with Crippen LogP contribution >= 0.6 is 0 Å². The fourth-order valence-corrected chi connectivity index (χ4v) is 3.54. The number of anilines is 1. The normalized spacial score (nSPS) is 15.7. The van der Waals surface area contributed by atoms with Crippen LogP contribution in [0.1, 0.15) is 37.3 Å². The number of fused-ring (bicyclic) bond motifs is 2. The Balaban J connectivity index is 1.76. The highest BCUT2D eigenvalue weighted by Crippen LogP contribution is 2.21. The van der Waals surface area contributed by atoms with Gasteiger partial charge in [0, 0.05) is 12.1 Å². The molecule has 26 heavy (non-hydrogen) atoms. The molecule has 132 valence electrons. The lowest BCUT2D eigenvalue weighted by Gasteiger charge is -2.12. The molecule has 0 radical (unpaired) electrons. The van der Waals surface area contributed by atoms with Crippen LogP contribution in [0.15, 0.2) is 58.4 Å². The van der Waals surface area contributed by atoms with E-state index in [9.17, 15) is 4.79 Å². The molecule has 0 spiro atoms. The van der Waals surface area contributed by atoms with Crippen molar-refractivity contribution in [1.82, 2.24) is 9.55 Å². The van der Waals surface area contributed by atoms with Crippen molar-refractivity contribution in [3.8, 4) is 0 Å². The molecule has 0 atom stereocenters. The summed E-state index contributed by atoms with van der Waals surface area (Å²) in [5.41, 5.74) is 7.29. The number of aromatic nitrogens is 2. The summed E-state index contributed by atoms with van der Waals surface area (Å²) >= 11 is 0. The van der Waals surface area contributed by atoms with Gasteiger partial charge in [-0.3, -0.25) is 9.36 Å². The summed E-state index contributed by atoms with van der Waals surface area (Å²) in [4.78, 5) is 17.3. The Bertz CT molecular complexity index is 1040. The van der Waals surface area contributed by atoms with Crippen LogP contribution < -0.4 is 11.0 Å². The number of hydrogen-bond acceptors (Lipinski definition) is 4. The second-order valence-corrected chi connectivity index (χ2v) is 6.54. The predicted molar refractivity (Wildman–Crippen MR) is 106 cm³/mol. The zero-order chi connectivity index (χ0) is 17.9. The molecular weight excluding hydrogens is 324 g/mol. The first-order chi connectivity index (χ1) is 12.8. The van der Waals surface area contributed by atoms with Gasteiger partial charge in [0.1, 0.15) is 0 Å². The summed E-state index contributed by atoms with van der Waals surface area (Å²) in [6.45, 7) is 2.48. The lowest BCUT2D eigenvalue weighted by molar-refractivity contribution is 0.723. The number of hydrogen-bond donors (Lipinski definition) is 1. The topological polar surface area (TPSA) is 59.3 Å². The van der Waals surface area contributed by atoms with Crippen LogP contribution in [0.2, 0.25) is 0 Å². The lowest BCUT2D eigenvalue weighted by atomic mass is 10.0. The summed E-state index contributed by atoms with van der Waals surface area (Å²) < 4.78 is 1.63. The largest absolute Gasteiger partial charge is 0.277 e. The number of aryl methyl sites for hydroxylation is 1. The Kier molecular flexibility index (Phi) is 4.52. The molecular formula is C21H22N4O. The van der Waals surface area contributed by atoms with E-state index in [0.29, 0.717) is 23.4 Å². The average molecular weight is 346 g/mol. The number of nitrogens with one attached hydrogen (secondary N) is 1. The molecule has 5 nitrogen and oxygen atoms in total. The van der Waals surface area contributed by atoms with E-state index < -0.39 is 0 Å². The average Bonchev–Trinajstić information content (AvgIpc) is 2.89. The Labute approximate surface area is 152 Å². The zero-order valence-electron chi connectivity index (χ0n) is 14.9. The molecule has 0 saturated heterocycles. The number of benzene rings is 2. The molecule has 0 aliphatic heterocycles. The van der Waals surface area contributed by atoms with Crippen LogP contribution in [0.3, 0.4) is 0 Å². The van der Waals surface area contributed by atoms with Gasteiger partial charge in [0.25, 0.3) is 5.56 Å². The van der Waals surface area contributed by atoms with E-state index in [1.54, 1.807) is 4.57 Å². The molecule has 5 heteroatoms. The zero-order valence-corrected chi connectivity index (χ0v) is 14.9. The van der Waals surface area contributed by atoms with Gasteiger partial charge in [-0.15, -0.1) is 0 Å². The van der Waals surface area contributed by atoms with Crippen LogP contribution in [-0.2, 0) is 13.0 Å². The second kappa shape index (κ2) is 7.12. The van der Waals surface area contributed by atoms with Crippen molar-refractivity contribution >= 4 is 22.6 Å². The minimum atomic E-state index is -0.0398. The monoisotopic (exact) mass is 346 g/mol. The van der Waals surface area contributed by atoms with E-state index in [0.717, 1.165) is 25.0 Å². The van der Waals surface area contributed by atoms with E-state index in [4.69, 9.17) is 0 Å². The molecule has 0 fully saturated rings. The van der Waals surface area contributed by atoms with Crippen molar-refractivity contribution in [3.05, 3.63) is 70.0 Å². The van der Waals surface area contributed by atoms with Crippen molar-refractivity contribution < 1.29 is 0 Å². The Morgan fingerprint density at radius 3 is 2.73 bits per heavy atom. The first kappa shape index (κ1) is 16.5. The fourth-order valence-electron chi connectivity index (χ4n) is 3.54. The summed E-state index contributed by atoms with van der Waals surface area (Å²) in [5.74, 6) is 0.491. The maximum Gasteiger partial charge on any atom is 0.262 e. The van der Waals surface area contributed by atoms with Gasteiger partial charge in [0.15, 0.2) is 0 Å². The quantitative estimate of drug-likeness (QED) is 0.577. The van der Waals surface area contributed by atoms with Crippen LogP contribution in [0.4, 0.5) is 5.95 Å². The Morgan fingerprint density at radius 1 is 1.08 bits per heavy atom. The van der Waals surface area contributed by atoms with Crippen LogP contribution in [0, 0.1) is 0 Å². The molecule has 1 N–H and O–H groups in total. The minimum Gasteiger partial charge on any atom is -0.277 e. The van der Waals surface area contributed by atoms with Crippen molar-refractivity contribution in [2.45, 2.75) is 39.2 Å². The van der Waals surface area contributed by atoms with Crippen molar-refractivity contribution in [3.63, 3.8) is 0 Å². The van der Waals surface area contributed by atoms with Gasteiger partial charge < -0.3 is 0 Å². The Hall–Kier alpha value is -2.95. The third-order valence-electron chi connectivity index (χ3n) is 4.91. The second-order valence-electron chi connectivity index (χ2n) is 6.54. The summed E-state index contributed by atoms with van der Waals surface area (Å²) in [5, 5.41) is 5.29. The van der Waals surface area contributed by atoms with Crippen LogP contribution in [-0.4, -0.2) is 15.3 Å². The Morgan fingerprint density at radius 2 is 1.85 bits per heavy atom. The molecule has 4 rings (SSSR count). The third-order valence-corrected chi connectivity index (χ3v) is 4.91. The first-order valence-electron chi connectivity index (χ1n) is 9.18. The van der Waals surface area contributed by atoms with Gasteiger partial charge in [0.2, 0.25) is 5.95 Å². The predicted octanol–water partition coefficient (Wildman–Crippen LogP) is 3.96. The summed E-state index contributed by atoms with van der Waals surface area (Å²) in [7, 11) is 0. The van der Waals surface area contributed by atoms with Gasteiger partial charge in [0.05, 0.1) is 16.6 Å². The van der Waals surface area contributed by atoms with Crippen LogP contribution in [0.5, 0.6) is 0 Å². The SMILES string of the molecule is CCn1c(N/N=C2/CCCCc3ccccc32)nc2ccccc2c1=O. The maximum absolute atomic E-state index is 12.7. The van der Waals surface area contributed by atoms with Crippen molar-refractivity contribution in [2.75, 3.05) is 5.43 Å². The number of hydrazone groups is 1. The standard InChI is InChI=1S/C21H22N4O/c1-2-25-20(26)17-12-6-8-13-18(17)22-21(25)24-23-19-14-7-4-10-15-9-3-5-11-16(15)19/h3,5-6,8-9,11-13H,2,4,7,10,14H2,1H3,(H,22,24)/b23-19-. The lowest BCUT2D eigenvalue weighted by Crippen LogP contribution is -2.23. The highest BCUT2D eigenvalue weighted by atomic mass is 16.1. The van der Waals surface area contributed by atoms with Gasteiger partial charge in [-0.1, -0.05) is 36.4 Å². The first-order valence-corrected chi connectivity index (χ1v) is 9.18. The summed E-state index contributed by atoms with van der Waals surface area (Å²) in [6.07, 6.45) is 4.29. The number of rotatable bonds is 3. The molecule has 0 amide bonds. The van der Waals surface area contributed by atoms with Gasteiger partial charge in [-0.25, -0.2) is 10.4 Å². The number of para-hydroxylation sites is 1.